The van der Waals surface area contributed by atoms with E-state index in [2.05, 4.69) is 37.1 Å². The first-order chi connectivity index (χ1) is 9.15. The lowest BCUT2D eigenvalue weighted by Crippen LogP contribution is -2.23. The molecule has 0 aliphatic carbocycles. The lowest BCUT2D eigenvalue weighted by molar-refractivity contribution is 0.735. The molecule has 2 N–H and O–H groups in total. The maximum atomic E-state index is 6.27. The van der Waals surface area contributed by atoms with E-state index in [0.717, 1.165) is 21.8 Å². The summed E-state index contributed by atoms with van der Waals surface area (Å²) < 4.78 is 0. The van der Waals surface area contributed by atoms with Crippen molar-refractivity contribution < 1.29 is 0 Å². The van der Waals surface area contributed by atoms with Crippen LogP contribution in [0.5, 0.6) is 0 Å². The highest BCUT2D eigenvalue weighted by Crippen LogP contribution is 2.31. The minimum atomic E-state index is 0.196. The van der Waals surface area contributed by atoms with Crippen LogP contribution in [0.2, 0.25) is 5.02 Å². The van der Waals surface area contributed by atoms with Crippen molar-refractivity contribution in [1.82, 2.24) is 0 Å². The van der Waals surface area contributed by atoms with Gasteiger partial charge in [-0.2, -0.15) is 0 Å². The van der Waals surface area contributed by atoms with Gasteiger partial charge in [-0.1, -0.05) is 48.0 Å². The molecule has 100 valence electrons. The van der Waals surface area contributed by atoms with Crippen molar-refractivity contribution in [3.8, 4) is 0 Å². The minimum absolute atomic E-state index is 0.196. The number of nitrogens with two attached hydrogens (primary N) is 1. The first-order valence-electron chi connectivity index (χ1n) is 6.40. The molecule has 0 bridgehead atoms. The molecule has 19 heavy (non-hydrogen) atoms. The molecule has 2 rings (SSSR count). The van der Waals surface area contributed by atoms with E-state index in [4.69, 9.17) is 17.3 Å². The number of nitrogens with zero attached hydrogens (tertiary/aromatic N) is 1. The molecule has 0 aliphatic rings. The predicted octanol–water partition coefficient (Wildman–Crippen LogP) is 4.00. The molecule has 0 aliphatic heterocycles. The summed E-state index contributed by atoms with van der Waals surface area (Å²) in [7, 11) is 2.07. The molecule has 0 saturated heterocycles. The van der Waals surface area contributed by atoms with Crippen molar-refractivity contribution in [2.75, 3.05) is 11.9 Å². The van der Waals surface area contributed by atoms with Crippen LogP contribution in [-0.4, -0.2) is 7.05 Å². The highest BCUT2D eigenvalue weighted by atomic mass is 35.5. The van der Waals surface area contributed by atoms with Gasteiger partial charge in [0.2, 0.25) is 0 Å². The van der Waals surface area contributed by atoms with E-state index in [1.165, 1.54) is 0 Å². The van der Waals surface area contributed by atoms with Crippen LogP contribution in [0.15, 0.2) is 48.5 Å². The summed E-state index contributed by atoms with van der Waals surface area (Å²) in [5.74, 6) is 0. The Labute approximate surface area is 119 Å². The zero-order valence-electron chi connectivity index (χ0n) is 11.3. The van der Waals surface area contributed by atoms with Gasteiger partial charge < -0.3 is 10.6 Å². The van der Waals surface area contributed by atoms with Gasteiger partial charge in [0.15, 0.2) is 0 Å². The molecule has 2 aromatic rings. The lowest BCUT2D eigenvalue weighted by Gasteiger charge is -2.29. The van der Waals surface area contributed by atoms with E-state index < -0.39 is 0 Å². The summed E-state index contributed by atoms with van der Waals surface area (Å²) in [6, 6.07) is 16.4. The van der Waals surface area contributed by atoms with Crippen molar-refractivity contribution >= 4 is 17.3 Å². The molecule has 1 unspecified atom stereocenters. The molecule has 1 atom stereocenters. The van der Waals surface area contributed by atoms with E-state index in [0.29, 0.717) is 6.54 Å². The smallest absolute Gasteiger partial charge is 0.0525 e. The number of para-hydroxylation sites is 1. The third-order valence-corrected chi connectivity index (χ3v) is 3.87. The Balaban J connectivity index is 2.34. The summed E-state index contributed by atoms with van der Waals surface area (Å²) in [6.07, 6.45) is 0. The average Bonchev–Trinajstić information content (AvgIpc) is 2.46. The lowest BCUT2D eigenvalue weighted by atomic mass is 10.0. The molecule has 0 heterocycles. The van der Waals surface area contributed by atoms with Gasteiger partial charge in [-0.15, -0.1) is 0 Å². The van der Waals surface area contributed by atoms with E-state index in [1.807, 2.05) is 30.3 Å². The highest BCUT2D eigenvalue weighted by molar-refractivity contribution is 6.31. The molecule has 0 fully saturated rings. The van der Waals surface area contributed by atoms with Gasteiger partial charge in [0.25, 0.3) is 0 Å². The van der Waals surface area contributed by atoms with E-state index in [-0.39, 0.29) is 6.04 Å². The van der Waals surface area contributed by atoms with Gasteiger partial charge in [-0.25, -0.2) is 0 Å². The van der Waals surface area contributed by atoms with Gasteiger partial charge in [-0.05, 0) is 30.2 Å². The first kappa shape index (κ1) is 13.9. The predicted molar refractivity (Wildman–Crippen MR) is 82.6 cm³/mol. The number of anilines is 1. The van der Waals surface area contributed by atoms with Crippen LogP contribution >= 0.6 is 11.6 Å². The van der Waals surface area contributed by atoms with Crippen molar-refractivity contribution in [2.45, 2.75) is 19.5 Å². The number of halogens is 1. The summed E-state index contributed by atoms with van der Waals surface area (Å²) in [6.45, 7) is 2.68. The third-order valence-electron chi connectivity index (χ3n) is 3.53. The summed E-state index contributed by atoms with van der Waals surface area (Å²) in [4.78, 5) is 2.21. The second-order valence-corrected chi connectivity index (χ2v) is 5.05. The van der Waals surface area contributed by atoms with Crippen molar-refractivity contribution in [3.63, 3.8) is 0 Å². The molecule has 3 heteroatoms. The second kappa shape index (κ2) is 6.09. The van der Waals surface area contributed by atoms with E-state index in [1.54, 1.807) is 0 Å². The van der Waals surface area contributed by atoms with Crippen molar-refractivity contribution in [3.05, 3.63) is 64.7 Å². The summed E-state index contributed by atoms with van der Waals surface area (Å²) in [5.41, 5.74) is 9.22. The van der Waals surface area contributed by atoms with Crippen molar-refractivity contribution in [2.24, 2.45) is 5.73 Å². The van der Waals surface area contributed by atoms with Crippen LogP contribution in [0.3, 0.4) is 0 Å². The zero-order chi connectivity index (χ0) is 13.8. The van der Waals surface area contributed by atoms with Gasteiger partial charge in [-0.3, -0.25) is 0 Å². The Bertz CT molecular complexity index is 554. The molecule has 0 saturated carbocycles. The molecule has 0 aromatic heterocycles. The Hall–Kier alpha value is -1.51. The zero-order valence-corrected chi connectivity index (χ0v) is 12.1. The fourth-order valence-corrected chi connectivity index (χ4v) is 2.55. The van der Waals surface area contributed by atoms with Crippen LogP contribution in [0, 0.1) is 0 Å². The number of hydrogen-bond donors (Lipinski definition) is 1. The maximum absolute atomic E-state index is 6.27. The average molecular weight is 275 g/mol. The molecule has 0 radical (unpaired) electrons. The Kier molecular flexibility index (Phi) is 4.46. The Morgan fingerprint density at radius 2 is 1.74 bits per heavy atom. The third kappa shape index (κ3) is 2.91. The Morgan fingerprint density at radius 3 is 2.42 bits per heavy atom. The van der Waals surface area contributed by atoms with Crippen LogP contribution in [0.25, 0.3) is 0 Å². The first-order valence-corrected chi connectivity index (χ1v) is 6.78. The van der Waals surface area contributed by atoms with Crippen LogP contribution in [0.1, 0.15) is 24.1 Å². The fourth-order valence-electron chi connectivity index (χ4n) is 2.26. The number of hydrogen-bond acceptors (Lipinski definition) is 2. The molecular weight excluding hydrogens is 256 g/mol. The standard InChI is InChI=1S/C16H19ClN2/c1-12(14-8-4-5-9-15(14)17)19(2)16-10-6-3-7-13(16)11-18/h3-10,12H,11,18H2,1-2H3. The highest BCUT2D eigenvalue weighted by Gasteiger charge is 2.16. The fraction of sp³-hybridized carbons (Fsp3) is 0.250. The van der Waals surface area contributed by atoms with Crippen LogP contribution in [-0.2, 0) is 6.54 Å². The van der Waals surface area contributed by atoms with Crippen LogP contribution in [0.4, 0.5) is 5.69 Å². The quantitative estimate of drug-likeness (QED) is 0.913. The summed E-state index contributed by atoms with van der Waals surface area (Å²) >= 11 is 6.27. The minimum Gasteiger partial charge on any atom is -0.368 e. The molecule has 0 amide bonds. The van der Waals surface area contributed by atoms with Gasteiger partial charge in [0.05, 0.1) is 6.04 Å². The topological polar surface area (TPSA) is 29.3 Å². The summed E-state index contributed by atoms with van der Waals surface area (Å²) in [5, 5.41) is 0.798. The van der Waals surface area contributed by atoms with Crippen molar-refractivity contribution in [1.29, 1.82) is 0 Å². The Morgan fingerprint density at radius 1 is 1.11 bits per heavy atom. The number of benzene rings is 2. The largest absolute Gasteiger partial charge is 0.368 e. The molecule has 2 aromatic carbocycles. The van der Waals surface area contributed by atoms with Crippen LogP contribution < -0.4 is 10.6 Å². The maximum Gasteiger partial charge on any atom is 0.0525 e. The molecule has 2 nitrogen and oxygen atoms in total. The van der Waals surface area contributed by atoms with E-state index in [9.17, 15) is 0 Å². The monoisotopic (exact) mass is 274 g/mol. The SMILES string of the molecule is CC(c1ccccc1Cl)N(C)c1ccccc1CN. The van der Waals surface area contributed by atoms with E-state index >= 15 is 0 Å². The van der Waals surface area contributed by atoms with Gasteiger partial charge >= 0.3 is 0 Å². The number of rotatable bonds is 4. The van der Waals surface area contributed by atoms with Gasteiger partial charge in [0, 0.05) is 24.3 Å². The molecule has 0 spiro atoms. The normalized spacial score (nSPS) is 12.2. The second-order valence-electron chi connectivity index (χ2n) is 4.64. The van der Waals surface area contributed by atoms with Gasteiger partial charge in [0.1, 0.15) is 0 Å². The molecular formula is C16H19ClN2.